The molecule has 2 amide bonds. The molecule has 0 aliphatic carbocycles. The van der Waals surface area contributed by atoms with Crippen LogP contribution in [0, 0.1) is 0 Å². The van der Waals surface area contributed by atoms with Crippen LogP contribution in [-0.4, -0.2) is 19.0 Å². The maximum absolute atomic E-state index is 11.8. The first kappa shape index (κ1) is 15.5. The van der Waals surface area contributed by atoms with Gasteiger partial charge in [0.05, 0.1) is 10.6 Å². The van der Waals surface area contributed by atoms with E-state index in [1.54, 1.807) is 18.2 Å². The summed E-state index contributed by atoms with van der Waals surface area (Å²) in [6.07, 6.45) is 0. The minimum absolute atomic E-state index is 0.237. The molecular weight excluding hydrogens is 360 g/mol. The van der Waals surface area contributed by atoms with Crippen LogP contribution in [0.25, 0.3) is 0 Å². The highest BCUT2D eigenvalue weighted by Crippen LogP contribution is 2.21. The Balaban J connectivity index is 2.05. The van der Waals surface area contributed by atoms with Crippen LogP contribution in [0.2, 0.25) is 0 Å². The average molecular weight is 371 g/mol. The molecule has 21 heavy (non-hydrogen) atoms. The lowest BCUT2D eigenvalue weighted by molar-refractivity contribution is 0.262. The van der Waals surface area contributed by atoms with Crippen molar-refractivity contribution in [3.05, 3.63) is 53.0 Å². The van der Waals surface area contributed by atoms with Crippen molar-refractivity contribution in [1.29, 1.82) is 0 Å². The van der Waals surface area contributed by atoms with Crippen molar-refractivity contribution in [2.24, 2.45) is 0 Å². The molecule has 0 fully saturated rings. The van der Waals surface area contributed by atoms with Gasteiger partial charge in [-0.25, -0.2) is 4.79 Å². The van der Waals surface area contributed by atoms with Crippen LogP contribution in [-0.2, 0) is 10.1 Å². The molecule has 2 aromatic rings. The van der Waals surface area contributed by atoms with Crippen LogP contribution in [0.15, 0.2) is 57.9 Å². The molecule has 0 saturated heterocycles. The van der Waals surface area contributed by atoms with E-state index >= 15 is 0 Å². The Morgan fingerprint density at radius 3 is 2.19 bits per heavy atom. The zero-order valence-electron chi connectivity index (χ0n) is 10.6. The fourth-order valence-corrected chi connectivity index (χ4v) is 2.42. The van der Waals surface area contributed by atoms with E-state index in [2.05, 4.69) is 26.6 Å². The number of carbonyl (C=O) groups excluding carboxylic acids is 1. The third kappa shape index (κ3) is 4.28. The number of amides is 2. The molecule has 0 heterocycles. The van der Waals surface area contributed by atoms with E-state index in [-0.39, 0.29) is 4.90 Å². The minimum atomic E-state index is -4.24. The molecule has 0 spiro atoms. The van der Waals surface area contributed by atoms with Crippen LogP contribution in [0.5, 0.6) is 0 Å². The molecular formula is C13H11BrN2O4S. The van der Waals surface area contributed by atoms with Crippen LogP contribution in [0.4, 0.5) is 16.2 Å². The molecule has 0 radical (unpaired) electrons. The van der Waals surface area contributed by atoms with E-state index in [0.717, 1.165) is 4.47 Å². The van der Waals surface area contributed by atoms with Crippen molar-refractivity contribution in [2.45, 2.75) is 4.90 Å². The number of nitrogens with one attached hydrogen (secondary N) is 2. The highest BCUT2D eigenvalue weighted by atomic mass is 79.9. The summed E-state index contributed by atoms with van der Waals surface area (Å²) >= 11 is 3.30. The number of hydrogen-bond acceptors (Lipinski definition) is 3. The highest BCUT2D eigenvalue weighted by Gasteiger charge is 2.09. The molecule has 0 aliphatic heterocycles. The van der Waals surface area contributed by atoms with Crippen molar-refractivity contribution in [3.8, 4) is 0 Å². The van der Waals surface area contributed by atoms with Gasteiger partial charge in [0, 0.05) is 10.2 Å². The second kappa shape index (κ2) is 6.25. The molecule has 0 unspecified atom stereocenters. The first-order valence-corrected chi connectivity index (χ1v) is 7.99. The Kier molecular flexibility index (Phi) is 4.61. The Morgan fingerprint density at radius 1 is 1.00 bits per heavy atom. The van der Waals surface area contributed by atoms with Crippen LogP contribution >= 0.6 is 15.9 Å². The summed E-state index contributed by atoms with van der Waals surface area (Å²) in [4.78, 5) is 11.6. The fourth-order valence-electron chi connectivity index (χ4n) is 1.56. The summed E-state index contributed by atoms with van der Waals surface area (Å²) in [5.41, 5.74) is 0.997. The topological polar surface area (TPSA) is 95.5 Å². The summed E-state index contributed by atoms with van der Waals surface area (Å²) in [7, 11) is -4.24. The van der Waals surface area contributed by atoms with E-state index < -0.39 is 16.1 Å². The quantitative estimate of drug-likeness (QED) is 0.721. The van der Waals surface area contributed by atoms with Gasteiger partial charge in [0.25, 0.3) is 10.1 Å². The zero-order chi connectivity index (χ0) is 15.5. The van der Waals surface area contributed by atoms with E-state index in [0.29, 0.717) is 11.4 Å². The predicted octanol–water partition coefficient (Wildman–Crippen LogP) is 3.34. The minimum Gasteiger partial charge on any atom is -0.308 e. The third-order valence-corrected chi connectivity index (χ3v) is 4.09. The lowest BCUT2D eigenvalue weighted by Gasteiger charge is -2.09. The lowest BCUT2D eigenvalue weighted by Crippen LogP contribution is -2.19. The van der Waals surface area contributed by atoms with Crippen LogP contribution < -0.4 is 10.6 Å². The van der Waals surface area contributed by atoms with E-state index in [9.17, 15) is 13.2 Å². The predicted molar refractivity (Wildman–Crippen MR) is 83.0 cm³/mol. The molecule has 8 heteroatoms. The van der Waals surface area contributed by atoms with Gasteiger partial charge in [0.15, 0.2) is 0 Å². The van der Waals surface area contributed by atoms with Crippen molar-refractivity contribution >= 4 is 43.5 Å². The monoisotopic (exact) mass is 370 g/mol. The Morgan fingerprint density at radius 2 is 1.62 bits per heavy atom. The number of hydrogen-bond donors (Lipinski definition) is 3. The van der Waals surface area contributed by atoms with Gasteiger partial charge < -0.3 is 10.6 Å². The van der Waals surface area contributed by atoms with Crippen molar-refractivity contribution in [3.63, 3.8) is 0 Å². The highest BCUT2D eigenvalue weighted by molar-refractivity contribution is 9.10. The van der Waals surface area contributed by atoms with E-state index in [1.807, 2.05) is 6.07 Å². The summed E-state index contributed by atoms with van der Waals surface area (Å²) in [5, 5.41) is 5.19. The molecule has 0 atom stereocenters. The molecule has 3 N–H and O–H groups in total. The summed E-state index contributed by atoms with van der Waals surface area (Å²) in [5.74, 6) is 0. The maximum atomic E-state index is 11.8. The zero-order valence-corrected chi connectivity index (χ0v) is 13.0. The van der Waals surface area contributed by atoms with Gasteiger partial charge in [-0.1, -0.05) is 12.1 Å². The second-order valence-corrected chi connectivity index (χ2v) is 6.33. The summed E-state index contributed by atoms with van der Waals surface area (Å²) < 4.78 is 31.4. The van der Waals surface area contributed by atoms with Gasteiger partial charge in [-0.05, 0) is 52.3 Å². The van der Waals surface area contributed by atoms with Crippen molar-refractivity contribution < 1.29 is 17.8 Å². The smallest absolute Gasteiger partial charge is 0.308 e. The van der Waals surface area contributed by atoms with E-state index in [4.69, 9.17) is 4.55 Å². The number of para-hydroxylation sites is 1. The lowest BCUT2D eigenvalue weighted by atomic mass is 10.3. The molecule has 0 aromatic heterocycles. The van der Waals surface area contributed by atoms with Gasteiger partial charge in [-0.3, -0.25) is 4.55 Å². The van der Waals surface area contributed by atoms with Gasteiger partial charge >= 0.3 is 6.03 Å². The Labute approximate surface area is 130 Å². The standard InChI is InChI=1S/C13H11BrN2O4S/c14-11-3-1-2-4-12(11)16-13(17)15-9-5-7-10(8-6-9)21(18,19)20/h1-8H,(H2,15,16,17)(H,18,19,20). The summed E-state index contributed by atoms with van der Waals surface area (Å²) in [6.45, 7) is 0. The van der Waals surface area contributed by atoms with Gasteiger partial charge in [-0.2, -0.15) is 8.42 Å². The number of anilines is 2. The number of benzene rings is 2. The van der Waals surface area contributed by atoms with E-state index in [1.165, 1.54) is 24.3 Å². The second-order valence-electron chi connectivity index (χ2n) is 4.06. The number of halogens is 1. The van der Waals surface area contributed by atoms with Gasteiger partial charge in [0.1, 0.15) is 0 Å². The average Bonchev–Trinajstić information content (AvgIpc) is 2.41. The third-order valence-electron chi connectivity index (χ3n) is 2.53. The number of carbonyl (C=O) groups is 1. The van der Waals surface area contributed by atoms with Crippen LogP contribution in [0.1, 0.15) is 0 Å². The Bertz CT molecular complexity index is 760. The number of urea groups is 1. The maximum Gasteiger partial charge on any atom is 0.323 e. The first-order chi connectivity index (χ1) is 9.86. The molecule has 0 aliphatic rings. The molecule has 6 nitrogen and oxygen atoms in total. The SMILES string of the molecule is O=C(Nc1ccc(S(=O)(=O)O)cc1)Nc1ccccc1Br. The summed E-state index contributed by atoms with van der Waals surface area (Å²) in [6, 6.07) is 11.8. The van der Waals surface area contributed by atoms with Gasteiger partial charge in [-0.15, -0.1) is 0 Å². The van der Waals surface area contributed by atoms with Crippen molar-refractivity contribution in [2.75, 3.05) is 10.6 Å². The molecule has 110 valence electrons. The van der Waals surface area contributed by atoms with Crippen LogP contribution in [0.3, 0.4) is 0 Å². The molecule has 2 aromatic carbocycles. The van der Waals surface area contributed by atoms with Gasteiger partial charge in [0.2, 0.25) is 0 Å². The molecule has 0 saturated carbocycles. The molecule has 2 rings (SSSR count). The fraction of sp³-hybridized carbons (Fsp3) is 0. The largest absolute Gasteiger partial charge is 0.323 e. The molecule has 0 bridgehead atoms. The normalized spacial score (nSPS) is 11.0. The Hall–Kier alpha value is -1.90. The van der Waals surface area contributed by atoms with Crippen molar-refractivity contribution in [1.82, 2.24) is 0 Å². The first-order valence-electron chi connectivity index (χ1n) is 5.76. The number of rotatable bonds is 3.